The van der Waals surface area contributed by atoms with E-state index < -0.39 is 6.04 Å². The summed E-state index contributed by atoms with van der Waals surface area (Å²) in [7, 11) is 1.62. The first-order chi connectivity index (χ1) is 15.5. The number of rotatable bonds is 10. The molecule has 0 saturated heterocycles. The standard InChI is InChI=1S/C25H31ClN2O3S/c1-3-23(25(30)27-20-8-4-5-9-20)28(16-18-7-6-10-21(15-18)31-2)24(29)17-32-22-13-11-19(26)12-14-22/h6-7,10-15,20,23H,3-5,8-9,16-17H2,1-2H3,(H,27,30). The molecule has 1 fully saturated rings. The van der Waals surface area contributed by atoms with E-state index in [1.165, 1.54) is 11.8 Å². The van der Waals surface area contributed by atoms with E-state index in [0.717, 1.165) is 41.9 Å². The van der Waals surface area contributed by atoms with Crippen molar-refractivity contribution in [1.29, 1.82) is 0 Å². The fourth-order valence-corrected chi connectivity index (χ4v) is 4.92. The van der Waals surface area contributed by atoms with E-state index in [0.29, 0.717) is 18.0 Å². The van der Waals surface area contributed by atoms with Crippen molar-refractivity contribution in [3.05, 3.63) is 59.1 Å². The molecule has 2 aromatic rings. The summed E-state index contributed by atoms with van der Waals surface area (Å²) in [6.45, 7) is 2.31. The lowest BCUT2D eigenvalue weighted by Gasteiger charge is -2.31. The molecule has 1 aliphatic carbocycles. The molecular weight excluding hydrogens is 444 g/mol. The van der Waals surface area contributed by atoms with Crippen LogP contribution in [0.3, 0.4) is 0 Å². The maximum Gasteiger partial charge on any atom is 0.243 e. The number of ether oxygens (including phenoxy) is 1. The van der Waals surface area contributed by atoms with Gasteiger partial charge in [0.2, 0.25) is 11.8 Å². The zero-order chi connectivity index (χ0) is 22.9. The maximum atomic E-state index is 13.4. The van der Waals surface area contributed by atoms with Crippen LogP contribution < -0.4 is 10.1 Å². The Labute approximate surface area is 199 Å². The molecule has 1 N–H and O–H groups in total. The summed E-state index contributed by atoms with van der Waals surface area (Å²) in [5.41, 5.74) is 0.932. The fourth-order valence-electron chi connectivity index (χ4n) is 4.01. The van der Waals surface area contributed by atoms with Gasteiger partial charge in [0, 0.05) is 22.5 Å². The molecule has 1 saturated carbocycles. The molecule has 5 nitrogen and oxygen atoms in total. The van der Waals surface area contributed by atoms with E-state index in [9.17, 15) is 9.59 Å². The monoisotopic (exact) mass is 474 g/mol. The van der Waals surface area contributed by atoms with Crippen molar-refractivity contribution in [3.8, 4) is 5.75 Å². The number of halogens is 1. The van der Waals surface area contributed by atoms with Crippen LogP contribution in [0, 0.1) is 0 Å². The summed E-state index contributed by atoms with van der Waals surface area (Å²) in [4.78, 5) is 29.2. The Morgan fingerprint density at radius 2 is 1.91 bits per heavy atom. The minimum Gasteiger partial charge on any atom is -0.497 e. The summed E-state index contributed by atoms with van der Waals surface area (Å²) in [5, 5.41) is 3.84. The number of hydrogen-bond acceptors (Lipinski definition) is 4. The Balaban J connectivity index is 1.76. The van der Waals surface area contributed by atoms with E-state index in [-0.39, 0.29) is 23.6 Å². The van der Waals surface area contributed by atoms with Crippen LogP contribution in [0.1, 0.15) is 44.6 Å². The third kappa shape index (κ3) is 6.91. The smallest absolute Gasteiger partial charge is 0.243 e. The van der Waals surface area contributed by atoms with Crippen molar-refractivity contribution in [2.24, 2.45) is 0 Å². The first-order valence-electron chi connectivity index (χ1n) is 11.1. The Hall–Kier alpha value is -2.18. The maximum absolute atomic E-state index is 13.4. The third-order valence-corrected chi connectivity index (χ3v) is 7.00. The number of thioether (sulfide) groups is 1. The van der Waals surface area contributed by atoms with Gasteiger partial charge in [-0.1, -0.05) is 43.5 Å². The minimum absolute atomic E-state index is 0.0628. The topological polar surface area (TPSA) is 58.6 Å². The number of carbonyl (C=O) groups is 2. The molecule has 2 amide bonds. The molecule has 0 heterocycles. The van der Waals surface area contributed by atoms with Crippen molar-refractivity contribution >= 4 is 35.2 Å². The summed E-state index contributed by atoms with van der Waals surface area (Å²) >= 11 is 7.42. The number of benzene rings is 2. The number of carbonyl (C=O) groups excluding carboxylic acids is 2. The fraction of sp³-hybridized carbons (Fsp3) is 0.440. The van der Waals surface area contributed by atoms with Crippen LogP contribution in [0.15, 0.2) is 53.4 Å². The second-order valence-electron chi connectivity index (χ2n) is 8.03. The van der Waals surface area contributed by atoms with Gasteiger partial charge in [0.1, 0.15) is 11.8 Å². The molecule has 32 heavy (non-hydrogen) atoms. The Morgan fingerprint density at radius 3 is 2.56 bits per heavy atom. The van der Waals surface area contributed by atoms with Crippen LogP contribution in [0.4, 0.5) is 0 Å². The molecule has 172 valence electrons. The molecular formula is C25H31ClN2O3S. The van der Waals surface area contributed by atoms with Gasteiger partial charge >= 0.3 is 0 Å². The molecule has 1 atom stereocenters. The molecule has 1 aliphatic rings. The zero-order valence-corrected chi connectivity index (χ0v) is 20.3. The summed E-state index contributed by atoms with van der Waals surface area (Å²) < 4.78 is 5.34. The van der Waals surface area contributed by atoms with Crippen molar-refractivity contribution in [2.75, 3.05) is 12.9 Å². The lowest BCUT2D eigenvalue weighted by atomic mass is 10.1. The number of hydrogen-bond donors (Lipinski definition) is 1. The highest BCUT2D eigenvalue weighted by Crippen LogP contribution is 2.24. The Kier molecular flexibility index (Phi) is 9.30. The van der Waals surface area contributed by atoms with Crippen molar-refractivity contribution in [2.45, 2.75) is 62.6 Å². The van der Waals surface area contributed by atoms with Crippen LogP contribution in [0.5, 0.6) is 5.75 Å². The first-order valence-corrected chi connectivity index (χ1v) is 12.5. The molecule has 1 unspecified atom stereocenters. The Bertz CT molecular complexity index is 900. The van der Waals surface area contributed by atoms with E-state index in [2.05, 4.69) is 5.32 Å². The molecule has 2 aromatic carbocycles. The van der Waals surface area contributed by atoms with Gasteiger partial charge in [-0.3, -0.25) is 9.59 Å². The summed E-state index contributed by atoms with van der Waals surface area (Å²) in [6, 6.07) is 14.8. The first kappa shape index (κ1) is 24.5. The van der Waals surface area contributed by atoms with E-state index in [1.807, 2.05) is 55.5 Å². The second kappa shape index (κ2) is 12.2. The molecule has 3 rings (SSSR count). The van der Waals surface area contributed by atoms with Gasteiger partial charge in [0.05, 0.1) is 12.9 Å². The van der Waals surface area contributed by atoms with E-state index >= 15 is 0 Å². The summed E-state index contributed by atoms with van der Waals surface area (Å²) in [5.74, 6) is 0.848. The lowest BCUT2D eigenvalue weighted by molar-refractivity contribution is -0.139. The molecule has 0 aromatic heterocycles. The number of methoxy groups -OCH3 is 1. The third-order valence-electron chi connectivity index (χ3n) is 5.75. The quantitative estimate of drug-likeness (QED) is 0.474. The van der Waals surface area contributed by atoms with Crippen molar-refractivity contribution in [3.63, 3.8) is 0 Å². The van der Waals surface area contributed by atoms with Gasteiger partial charge in [0.15, 0.2) is 0 Å². The summed E-state index contributed by atoms with van der Waals surface area (Å²) in [6.07, 6.45) is 4.87. The van der Waals surface area contributed by atoms with Crippen molar-refractivity contribution < 1.29 is 14.3 Å². The molecule has 7 heteroatoms. The predicted octanol–water partition coefficient (Wildman–Crippen LogP) is 5.31. The van der Waals surface area contributed by atoms with Gasteiger partial charge in [-0.15, -0.1) is 11.8 Å². The average molecular weight is 475 g/mol. The van der Waals surface area contributed by atoms with E-state index in [1.54, 1.807) is 12.0 Å². The highest BCUT2D eigenvalue weighted by Gasteiger charge is 2.30. The molecule has 0 radical (unpaired) electrons. The average Bonchev–Trinajstić information content (AvgIpc) is 3.31. The van der Waals surface area contributed by atoms with Gasteiger partial charge in [0.25, 0.3) is 0 Å². The lowest BCUT2D eigenvalue weighted by Crippen LogP contribution is -2.51. The molecule has 0 spiro atoms. The predicted molar refractivity (Wildman–Crippen MR) is 130 cm³/mol. The van der Waals surface area contributed by atoms with Gasteiger partial charge in [-0.25, -0.2) is 0 Å². The molecule has 0 bridgehead atoms. The van der Waals surface area contributed by atoms with Crippen LogP contribution in [0.2, 0.25) is 5.02 Å². The number of nitrogens with zero attached hydrogens (tertiary/aromatic N) is 1. The minimum atomic E-state index is -0.514. The normalized spacial score (nSPS) is 14.7. The van der Waals surface area contributed by atoms with Crippen LogP contribution in [-0.2, 0) is 16.1 Å². The van der Waals surface area contributed by atoms with Gasteiger partial charge in [-0.2, -0.15) is 0 Å². The van der Waals surface area contributed by atoms with Crippen LogP contribution >= 0.6 is 23.4 Å². The van der Waals surface area contributed by atoms with Gasteiger partial charge < -0.3 is 15.0 Å². The number of nitrogens with one attached hydrogen (secondary N) is 1. The van der Waals surface area contributed by atoms with E-state index in [4.69, 9.17) is 16.3 Å². The molecule has 0 aliphatic heterocycles. The van der Waals surface area contributed by atoms with Gasteiger partial charge in [-0.05, 0) is 61.2 Å². The highest BCUT2D eigenvalue weighted by atomic mass is 35.5. The van der Waals surface area contributed by atoms with Crippen LogP contribution in [0.25, 0.3) is 0 Å². The largest absolute Gasteiger partial charge is 0.497 e. The Morgan fingerprint density at radius 1 is 1.19 bits per heavy atom. The number of amides is 2. The van der Waals surface area contributed by atoms with Crippen LogP contribution in [-0.4, -0.2) is 41.7 Å². The highest BCUT2D eigenvalue weighted by molar-refractivity contribution is 8.00. The second-order valence-corrected chi connectivity index (χ2v) is 9.51. The van der Waals surface area contributed by atoms with Crippen molar-refractivity contribution in [1.82, 2.24) is 10.2 Å². The zero-order valence-electron chi connectivity index (χ0n) is 18.7. The SMILES string of the molecule is CCC(C(=O)NC1CCCC1)N(Cc1cccc(OC)c1)C(=O)CSc1ccc(Cl)cc1.